The van der Waals surface area contributed by atoms with Crippen molar-refractivity contribution in [1.29, 1.82) is 0 Å². The summed E-state index contributed by atoms with van der Waals surface area (Å²) >= 11 is 0. The number of fused-ring (bicyclic) bond motifs is 2. The maximum Gasteiger partial charge on any atom is 0.414 e. The summed E-state index contributed by atoms with van der Waals surface area (Å²) in [5.74, 6) is -0.794. The molecule has 2 aliphatic heterocycles. The van der Waals surface area contributed by atoms with Crippen molar-refractivity contribution >= 4 is 11.9 Å². The zero-order chi connectivity index (χ0) is 18.5. The van der Waals surface area contributed by atoms with Gasteiger partial charge in [-0.05, 0) is 82.5 Å². The van der Waals surface area contributed by atoms with Gasteiger partial charge in [0.2, 0.25) is 0 Å². The van der Waals surface area contributed by atoms with Gasteiger partial charge in [-0.1, -0.05) is 18.6 Å². The van der Waals surface area contributed by atoms with E-state index in [2.05, 4.69) is 22.0 Å². The van der Waals surface area contributed by atoms with E-state index in [-0.39, 0.29) is 0 Å². The third-order valence-corrected chi connectivity index (χ3v) is 6.56. The number of likely N-dealkylation sites (tertiary alicyclic amines) is 2. The van der Waals surface area contributed by atoms with Crippen LogP contribution in [0.15, 0.2) is 12.2 Å². The van der Waals surface area contributed by atoms with Crippen LogP contribution in [-0.2, 0) is 9.59 Å². The van der Waals surface area contributed by atoms with Crippen molar-refractivity contribution in [2.45, 2.75) is 51.0 Å². The quantitative estimate of drug-likeness (QED) is 0.591. The van der Waals surface area contributed by atoms with Crippen LogP contribution < -0.4 is 0 Å². The summed E-state index contributed by atoms with van der Waals surface area (Å²) in [5, 5.41) is 14.8. The Morgan fingerprint density at radius 2 is 1.54 bits per heavy atom. The number of carboxylic acids is 2. The molecule has 3 atom stereocenters. The SMILES string of the molecule is C1=CC2CC1CC2CN1CCC(N2CCCCC2)CC1.O=C(O)C(=O)O. The van der Waals surface area contributed by atoms with E-state index in [1.54, 1.807) is 0 Å². The molecule has 0 aromatic heterocycles. The zero-order valence-electron chi connectivity index (χ0n) is 15.6. The molecule has 4 rings (SSSR count). The molecule has 0 radical (unpaired) electrons. The van der Waals surface area contributed by atoms with Crippen LogP contribution in [0.4, 0.5) is 0 Å². The first kappa shape index (κ1) is 19.4. The van der Waals surface area contributed by atoms with E-state index in [1.807, 2.05) is 0 Å². The Morgan fingerprint density at radius 3 is 2.04 bits per heavy atom. The average Bonchev–Trinajstić information content (AvgIpc) is 3.27. The van der Waals surface area contributed by atoms with Gasteiger partial charge in [0.15, 0.2) is 0 Å². The molecular weight excluding hydrogens is 332 g/mol. The largest absolute Gasteiger partial charge is 0.473 e. The van der Waals surface area contributed by atoms with E-state index < -0.39 is 11.9 Å². The smallest absolute Gasteiger partial charge is 0.414 e. The van der Waals surface area contributed by atoms with E-state index in [0.29, 0.717) is 0 Å². The molecule has 26 heavy (non-hydrogen) atoms. The summed E-state index contributed by atoms with van der Waals surface area (Å²) in [6.07, 6.45) is 15.1. The van der Waals surface area contributed by atoms with Crippen molar-refractivity contribution in [3.8, 4) is 0 Å². The van der Waals surface area contributed by atoms with E-state index >= 15 is 0 Å². The summed E-state index contributed by atoms with van der Waals surface area (Å²) in [7, 11) is 0. The molecule has 0 aromatic carbocycles. The van der Waals surface area contributed by atoms with Crippen LogP contribution >= 0.6 is 0 Å². The highest BCUT2D eigenvalue weighted by Crippen LogP contribution is 2.43. The minimum atomic E-state index is -1.82. The first-order valence-corrected chi connectivity index (χ1v) is 10.1. The number of piperidine rings is 2. The lowest BCUT2D eigenvalue weighted by atomic mass is 9.92. The van der Waals surface area contributed by atoms with Crippen molar-refractivity contribution < 1.29 is 19.8 Å². The van der Waals surface area contributed by atoms with Gasteiger partial charge in [-0.2, -0.15) is 0 Å². The highest BCUT2D eigenvalue weighted by molar-refractivity contribution is 6.27. The summed E-state index contributed by atoms with van der Waals surface area (Å²) in [6, 6.07) is 0.909. The highest BCUT2D eigenvalue weighted by Gasteiger charge is 2.37. The minimum Gasteiger partial charge on any atom is -0.473 e. The second-order valence-corrected chi connectivity index (χ2v) is 8.28. The Labute approximate surface area is 155 Å². The van der Waals surface area contributed by atoms with Gasteiger partial charge < -0.3 is 20.0 Å². The predicted molar refractivity (Wildman–Crippen MR) is 99.0 cm³/mol. The van der Waals surface area contributed by atoms with Gasteiger partial charge in [-0.3, -0.25) is 0 Å². The average molecular weight is 364 g/mol. The van der Waals surface area contributed by atoms with Crippen molar-refractivity contribution in [3.63, 3.8) is 0 Å². The fourth-order valence-corrected chi connectivity index (χ4v) is 5.19. The van der Waals surface area contributed by atoms with Crippen LogP contribution in [0.2, 0.25) is 0 Å². The van der Waals surface area contributed by atoms with Crippen molar-refractivity contribution in [3.05, 3.63) is 12.2 Å². The number of hydrogen-bond acceptors (Lipinski definition) is 4. The van der Waals surface area contributed by atoms with Crippen LogP contribution in [-0.4, -0.2) is 70.7 Å². The van der Waals surface area contributed by atoms with Crippen LogP contribution in [0.25, 0.3) is 0 Å². The van der Waals surface area contributed by atoms with Gasteiger partial charge in [0, 0.05) is 12.6 Å². The van der Waals surface area contributed by atoms with Crippen LogP contribution in [0.1, 0.15) is 44.9 Å². The first-order chi connectivity index (χ1) is 12.5. The highest BCUT2D eigenvalue weighted by atomic mass is 16.4. The summed E-state index contributed by atoms with van der Waals surface area (Å²) in [5.41, 5.74) is 0. The second kappa shape index (κ2) is 9.00. The lowest BCUT2D eigenvalue weighted by molar-refractivity contribution is -0.159. The van der Waals surface area contributed by atoms with Gasteiger partial charge in [0.05, 0.1) is 0 Å². The molecule has 2 N–H and O–H groups in total. The van der Waals surface area contributed by atoms with E-state index in [4.69, 9.17) is 19.8 Å². The molecule has 0 aromatic rings. The van der Waals surface area contributed by atoms with Gasteiger partial charge in [0.25, 0.3) is 0 Å². The van der Waals surface area contributed by atoms with Crippen LogP contribution in [0.3, 0.4) is 0 Å². The molecule has 0 spiro atoms. The van der Waals surface area contributed by atoms with Crippen molar-refractivity contribution in [2.75, 3.05) is 32.7 Å². The van der Waals surface area contributed by atoms with Crippen molar-refractivity contribution in [2.24, 2.45) is 17.8 Å². The third-order valence-electron chi connectivity index (χ3n) is 6.56. The van der Waals surface area contributed by atoms with Crippen LogP contribution in [0, 0.1) is 17.8 Å². The topological polar surface area (TPSA) is 81.1 Å². The Morgan fingerprint density at radius 1 is 0.885 bits per heavy atom. The maximum atomic E-state index is 9.10. The molecule has 1 saturated carbocycles. The predicted octanol–water partition coefficient (Wildman–Crippen LogP) is 2.30. The van der Waals surface area contributed by atoms with E-state index in [1.165, 1.54) is 77.7 Å². The first-order valence-electron chi connectivity index (χ1n) is 10.1. The summed E-state index contributed by atoms with van der Waals surface area (Å²) < 4.78 is 0. The monoisotopic (exact) mass is 364 g/mol. The number of carbonyl (C=O) groups is 2. The molecule has 2 bridgehead atoms. The normalized spacial score (nSPS) is 32.2. The zero-order valence-corrected chi connectivity index (χ0v) is 15.6. The maximum absolute atomic E-state index is 9.10. The molecule has 2 heterocycles. The van der Waals surface area contributed by atoms with E-state index in [9.17, 15) is 0 Å². The van der Waals surface area contributed by atoms with Gasteiger partial charge >= 0.3 is 11.9 Å². The molecule has 2 saturated heterocycles. The molecule has 3 fully saturated rings. The molecule has 4 aliphatic rings. The van der Waals surface area contributed by atoms with Gasteiger partial charge in [-0.25, -0.2) is 9.59 Å². The lowest BCUT2D eigenvalue weighted by Gasteiger charge is -2.41. The Balaban J connectivity index is 0.000000286. The van der Waals surface area contributed by atoms with Crippen molar-refractivity contribution in [1.82, 2.24) is 9.80 Å². The molecule has 0 amide bonds. The second-order valence-electron chi connectivity index (χ2n) is 8.28. The van der Waals surface area contributed by atoms with Gasteiger partial charge in [0.1, 0.15) is 0 Å². The van der Waals surface area contributed by atoms with Gasteiger partial charge in [-0.15, -0.1) is 0 Å². The third kappa shape index (κ3) is 5.07. The Kier molecular flexibility index (Phi) is 6.70. The summed E-state index contributed by atoms with van der Waals surface area (Å²) in [4.78, 5) is 23.8. The Bertz CT molecular complexity index is 510. The molecule has 2 aliphatic carbocycles. The fourth-order valence-electron chi connectivity index (χ4n) is 5.19. The van der Waals surface area contributed by atoms with Crippen LogP contribution in [0.5, 0.6) is 0 Å². The number of hydrogen-bond donors (Lipinski definition) is 2. The number of carboxylic acid groups (broad SMARTS) is 2. The number of aliphatic carboxylic acids is 2. The van der Waals surface area contributed by atoms with E-state index in [0.717, 1.165) is 23.8 Å². The standard InChI is InChI=1S/C18H30N2.C2H2O4/c1-2-8-20(9-3-1)18-6-10-19(11-7-18)14-17-13-15-4-5-16(17)12-15;3-1(4)2(5)6/h4-5,15-18H,1-3,6-14H2;(H,3,4)(H,5,6). The molecule has 146 valence electrons. The minimum absolute atomic E-state index is 0.909. The molecular formula is C20H32N2O4. The number of allylic oxidation sites excluding steroid dienone is 2. The number of rotatable bonds is 3. The number of nitrogens with zero attached hydrogens (tertiary/aromatic N) is 2. The fraction of sp³-hybridized carbons (Fsp3) is 0.800. The Hall–Kier alpha value is -1.40. The molecule has 6 heteroatoms. The molecule has 6 nitrogen and oxygen atoms in total. The molecule has 3 unspecified atom stereocenters. The lowest BCUT2D eigenvalue weighted by Crippen LogP contribution is -2.47. The summed E-state index contributed by atoms with van der Waals surface area (Å²) in [6.45, 7) is 6.86.